The van der Waals surface area contributed by atoms with Crippen LogP contribution in [0.15, 0.2) is 54.2 Å². The van der Waals surface area contributed by atoms with E-state index in [9.17, 15) is 14.7 Å². The van der Waals surface area contributed by atoms with Gasteiger partial charge in [0.2, 0.25) is 0 Å². The number of nitrogens with zero attached hydrogens (tertiary/aromatic N) is 1. The number of aryl methyl sites for hydroxylation is 1. The van der Waals surface area contributed by atoms with Crippen LogP contribution in [0.5, 0.6) is 0 Å². The third-order valence-corrected chi connectivity index (χ3v) is 6.21. The van der Waals surface area contributed by atoms with Gasteiger partial charge in [0.25, 0.3) is 5.91 Å². The molecule has 32 heavy (non-hydrogen) atoms. The van der Waals surface area contributed by atoms with Crippen LogP contribution >= 0.6 is 23.1 Å². The van der Waals surface area contributed by atoms with Gasteiger partial charge >= 0.3 is 24.8 Å². The van der Waals surface area contributed by atoms with Gasteiger partial charge in [-0.15, -0.1) is 11.3 Å². The molecule has 162 valence electrons. The van der Waals surface area contributed by atoms with E-state index in [1.165, 1.54) is 0 Å². The van der Waals surface area contributed by atoms with E-state index in [1.54, 1.807) is 40.9 Å². The van der Waals surface area contributed by atoms with Crippen molar-refractivity contribution in [1.82, 2.24) is 10.3 Å². The second kappa shape index (κ2) is 12.7. The summed E-state index contributed by atoms with van der Waals surface area (Å²) in [6.45, 7) is 2.00. The van der Waals surface area contributed by atoms with Gasteiger partial charge in [0.05, 0.1) is 5.51 Å². The Morgan fingerprint density at radius 3 is 2.62 bits per heavy atom. The average Bonchev–Trinajstić information content (AvgIpc) is 3.29. The van der Waals surface area contributed by atoms with Gasteiger partial charge in [0.1, 0.15) is 6.04 Å². The van der Waals surface area contributed by atoms with Gasteiger partial charge in [-0.1, -0.05) is 36.4 Å². The van der Waals surface area contributed by atoms with E-state index in [0.717, 1.165) is 27.1 Å². The van der Waals surface area contributed by atoms with Crippen LogP contribution in [-0.4, -0.2) is 58.9 Å². The molecule has 0 saturated carbocycles. The van der Waals surface area contributed by atoms with Crippen molar-refractivity contribution in [2.24, 2.45) is 0 Å². The van der Waals surface area contributed by atoms with E-state index < -0.39 is 12.0 Å². The number of aliphatic carboxylic acids is 1. The molecule has 0 spiro atoms. The van der Waals surface area contributed by atoms with Crippen molar-refractivity contribution in [2.75, 3.05) is 12.0 Å². The molecule has 2 aromatic carbocycles. The van der Waals surface area contributed by atoms with Gasteiger partial charge in [0.15, 0.2) is 0 Å². The van der Waals surface area contributed by atoms with Crippen molar-refractivity contribution >= 4 is 66.0 Å². The van der Waals surface area contributed by atoms with E-state index in [2.05, 4.69) is 10.3 Å². The number of hydrogen-bond donors (Lipinski definition) is 2. The Kier molecular flexibility index (Phi) is 10.3. The van der Waals surface area contributed by atoms with Gasteiger partial charge < -0.3 is 10.4 Å². The van der Waals surface area contributed by atoms with Gasteiger partial charge in [-0.25, -0.2) is 4.79 Å². The summed E-state index contributed by atoms with van der Waals surface area (Å²) in [5.41, 5.74) is 5.94. The molecule has 3 aromatic rings. The molecule has 1 aromatic heterocycles. The zero-order valence-corrected chi connectivity index (χ0v) is 19.0. The molecule has 1 amide bonds. The molecule has 5 nitrogen and oxygen atoms in total. The van der Waals surface area contributed by atoms with E-state index in [-0.39, 0.29) is 24.8 Å². The number of hydrogen-bond acceptors (Lipinski definition) is 5. The maximum absolute atomic E-state index is 13.1. The molecule has 0 radical (unpaired) electrons. The molecule has 8 heteroatoms. The average molecular weight is 461 g/mol. The van der Waals surface area contributed by atoms with E-state index in [1.807, 2.05) is 61.7 Å². The predicted molar refractivity (Wildman–Crippen MR) is 137 cm³/mol. The monoisotopic (exact) mass is 460 g/mol. The summed E-state index contributed by atoms with van der Waals surface area (Å²) in [5, 5.41) is 12.2. The standard InChI is InChI=1S/C24H24N2O3S2.Li.H/c1-16-5-3-4-6-19(16)21-13-17(7-9-18-14-25-15-31-18)8-10-20(21)23(27)26-22(24(28)29)11-12-30-2;;/h3-10,13-15,22H,11-12H2,1-2H3,(H,26,27)(H,28,29);;/t22-;;/m0../s1. The Balaban J connectivity index is 0.00000363. The molecule has 1 atom stereocenters. The van der Waals surface area contributed by atoms with Crippen molar-refractivity contribution in [2.45, 2.75) is 19.4 Å². The normalized spacial score (nSPS) is 11.7. The van der Waals surface area contributed by atoms with Crippen LogP contribution in [0.4, 0.5) is 0 Å². The molecule has 0 unspecified atom stereocenters. The second-order valence-corrected chi connectivity index (χ2v) is 8.91. The summed E-state index contributed by atoms with van der Waals surface area (Å²) >= 11 is 3.10. The first kappa shape index (κ1) is 26.0. The molecule has 0 aliphatic heterocycles. The number of carbonyl (C=O) groups is 2. The van der Waals surface area contributed by atoms with Crippen LogP contribution in [0.3, 0.4) is 0 Å². The van der Waals surface area contributed by atoms with Gasteiger partial charge in [-0.05, 0) is 65.8 Å². The van der Waals surface area contributed by atoms with Crippen LogP contribution in [0.1, 0.15) is 32.8 Å². The van der Waals surface area contributed by atoms with Crippen LogP contribution in [0.25, 0.3) is 23.3 Å². The Labute approximate surface area is 208 Å². The third kappa shape index (κ3) is 6.85. The fourth-order valence-corrected chi connectivity index (χ4v) is 4.16. The van der Waals surface area contributed by atoms with Gasteiger partial charge in [0, 0.05) is 16.6 Å². The Bertz CT molecular complexity index is 1080. The first-order valence-corrected chi connectivity index (χ1v) is 12.1. The number of carboxylic acids is 1. The molecule has 0 saturated heterocycles. The molecule has 0 fully saturated rings. The predicted octanol–water partition coefficient (Wildman–Crippen LogP) is 4.58. The van der Waals surface area contributed by atoms with Crippen LogP contribution in [0.2, 0.25) is 0 Å². The summed E-state index contributed by atoms with van der Waals surface area (Å²) < 4.78 is 0. The van der Waals surface area contributed by atoms with E-state index >= 15 is 0 Å². The molecular formula is C24H25LiN2O3S2. The van der Waals surface area contributed by atoms with Crippen molar-refractivity contribution in [3.8, 4) is 11.1 Å². The molecule has 1 heterocycles. The molecule has 0 bridgehead atoms. The number of benzene rings is 2. The summed E-state index contributed by atoms with van der Waals surface area (Å²) in [6, 6.07) is 12.5. The van der Waals surface area contributed by atoms with Crippen LogP contribution in [-0.2, 0) is 4.79 Å². The summed E-state index contributed by atoms with van der Waals surface area (Å²) in [7, 11) is 0. The molecule has 2 N–H and O–H groups in total. The van der Waals surface area contributed by atoms with Crippen molar-refractivity contribution in [3.05, 3.63) is 75.7 Å². The number of rotatable bonds is 9. The number of carbonyl (C=O) groups excluding carboxylic acids is 1. The summed E-state index contributed by atoms with van der Waals surface area (Å²) in [6.07, 6.45) is 8.05. The molecule has 3 rings (SSSR count). The number of thiazole rings is 1. The van der Waals surface area contributed by atoms with E-state index in [0.29, 0.717) is 17.7 Å². The zero-order chi connectivity index (χ0) is 22.2. The van der Waals surface area contributed by atoms with E-state index in [4.69, 9.17) is 0 Å². The quantitative estimate of drug-likeness (QED) is 0.457. The number of aromatic nitrogens is 1. The minimum absolute atomic E-state index is 0. The third-order valence-electron chi connectivity index (χ3n) is 4.83. The number of thioether (sulfide) groups is 1. The van der Waals surface area contributed by atoms with Crippen molar-refractivity contribution in [3.63, 3.8) is 0 Å². The summed E-state index contributed by atoms with van der Waals surface area (Å²) in [4.78, 5) is 29.8. The van der Waals surface area contributed by atoms with Crippen LogP contribution in [0, 0.1) is 6.92 Å². The second-order valence-electron chi connectivity index (χ2n) is 7.00. The van der Waals surface area contributed by atoms with Crippen molar-refractivity contribution in [1.29, 1.82) is 0 Å². The zero-order valence-electron chi connectivity index (χ0n) is 17.4. The van der Waals surface area contributed by atoms with Crippen LogP contribution < -0.4 is 5.32 Å². The minimum atomic E-state index is -1.02. The van der Waals surface area contributed by atoms with Gasteiger partial charge in [-0.2, -0.15) is 11.8 Å². The molecular weight excluding hydrogens is 435 g/mol. The van der Waals surface area contributed by atoms with Crippen molar-refractivity contribution < 1.29 is 14.7 Å². The summed E-state index contributed by atoms with van der Waals surface area (Å²) in [5.74, 6) is -0.753. The number of amides is 1. The SMILES string of the molecule is CSCC[C@H](NC(=O)c1ccc(C=Cc2cncs2)cc1-c1ccccc1C)C(=O)O.[LiH]. The first-order valence-electron chi connectivity index (χ1n) is 9.79. The topological polar surface area (TPSA) is 79.3 Å². The Hall–Kier alpha value is -2.30. The van der Waals surface area contributed by atoms with Gasteiger partial charge in [-0.3, -0.25) is 9.78 Å². The Morgan fingerprint density at radius 1 is 1.19 bits per heavy atom. The maximum atomic E-state index is 13.1. The fourth-order valence-electron chi connectivity index (χ4n) is 3.18. The fraction of sp³-hybridized carbons (Fsp3) is 0.208. The molecule has 0 aliphatic carbocycles. The Morgan fingerprint density at radius 2 is 1.97 bits per heavy atom. The number of carboxylic acid groups (broad SMARTS) is 1. The number of nitrogens with one attached hydrogen (secondary N) is 1. The molecule has 0 aliphatic rings. The first-order chi connectivity index (χ1) is 15.0.